The number of nitrogens with zero attached hydrogens (tertiary/aromatic N) is 1. The van der Waals surface area contributed by atoms with Crippen LogP contribution in [0.25, 0.3) is 0 Å². The number of carbonyl (C=O) groups excluding carboxylic acids is 1. The van der Waals surface area contributed by atoms with E-state index in [0.717, 1.165) is 12.8 Å². The summed E-state index contributed by atoms with van der Waals surface area (Å²) in [5.41, 5.74) is -0.853. The molecule has 1 aliphatic heterocycles. The van der Waals surface area contributed by atoms with Crippen LogP contribution in [0.3, 0.4) is 0 Å². The Balaban J connectivity index is 2.51. The van der Waals surface area contributed by atoms with Crippen molar-refractivity contribution < 1.29 is 15.0 Å². The lowest BCUT2D eigenvalue weighted by molar-refractivity contribution is -0.136. The largest absolute Gasteiger partial charge is 0.391 e. The number of likely N-dealkylation sites (tertiary alicyclic amines) is 1. The van der Waals surface area contributed by atoms with Crippen molar-refractivity contribution >= 4 is 5.91 Å². The first-order chi connectivity index (χ1) is 8.00. The summed E-state index contributed by atoms with van der Waals surface area (Å²) in [5.74, 6) is -0.0223. The van der Waals surface area contributed by atoms with Gasteiger partial charge in [0.1, 0.15) is 0 Å². The van der Waals surface area contributed by atoms with Crippen molar-refractivity contribution in [2.75, 3.05) is 13.1 Å². The van der Waals surface area contributed by atoms with E-state index in [4.69, 9.17) is 0 Å². The molecule has 1 rings (SSSR count). The van der Waals surface area contributed by atoms with Crippen LogP contribution in [-0.4, -0.2) is 45.8 Å². The summed E-state index contributed by atoms with van der Waals surface area (Å²) in [6, 6.07) is 0. The molecular weight excluding hydrogens is 218 g/mol. The Morgan fingerprint density at radius 1 is 1.35 bits per heavy atom. The van der Waals surface area contributed by atoms with Gasteiger partial charge in [0.2, 0.25) is 5.91 Å². The van der Waals surface area contributed by atoms with Gasteiger partial charge >= 0.3 is 0 Å². The van der Waals surface area contributed by atoms with Gasteiger partial charge in [-0.25, -0.2) is 0 Å². The molecule has 2 N–H and O–H groups in total. The molecule has 0 aliphatic carbocycles. The zero-order valence-corrected chi connectivity index (χ0v) is 11.0. The van der Waals surface area contributed by atoms with Crippen LogP contribution in [0.4, 0.5) is 0 Å². The Labute approximate surface area is 104 Å². The molecule has 1 atom stereocenters. The van der Waals surface area contributed by atoms with Gasteiger partial charge in [-0.3, -0.25) is 4.79 Å². The van der Waals surface area contributed by atoms with Crippen LogP contribution in [-0.2, 0) is 4.79 Å². The molecule has 1 aliphatic rings. The van der Waals surface area contributed by atoms with Gasteiger partial charge in [-0.1, -0.05) is 26.7 Å². The van der Waals surface area contributed by atoms with Gasteiger partial charge in [0.05, 0.1) is 18.1 Å². The molecule has 0 aromatic carbocycles. The van der Waals surface area contributed by atoms with E-state index in [1.807, 2.05) is 13.8 Å². The smallest absolute Gasteiger partial charge is 0.225 e. The molecule has 0 bridgehead atoms. The maximum atomic E-state index is 12.0. The summed E-state index contributed by atoms with van der Waals surface area (Å²) in [5, 5.41) is 19.8. The summed E-state index contributed by atoms with van der Waals surface area (Å²) in [7, 11) is 0. The summed E-state index contributed by atoms with van der Waals surface area (Å²) in [4.78, 5) is 13.7. The molecule has 17 heavy (non-hydrogen) atoms. The number of aliphatic hydroxyl groups excluding tert-OH is 1. The molecule has 4 heteroatoms. The molecule has 1 fully saturated rings. The lowest BCUT2D eigenvalue weighted by atomic mass is 9.89. The summed E-state index contributed by atoms with van der Waals surface area (Å²) < 4.78 is 0. The van der Waals surface area contributed by atoms with Crippen LogP contribution in [0.2, 0.25) is 0 Å². The van der Waals surface area contributed by atoms with Crippen molar-refractivity contribution in [3.8, 4) is 0 Å². The van der Waals surface area contributed by atoms with Gasteiger partial charge in [-0.15, -0.1) is 0 Å². The zero-order valence-electron chi connectivity index (χ0n) is 11.0. The molecule has 0 aromatic heterocycles. The third kappa shape index (κ3) is 4.28. The Bertz CT molecular complexity index is 249. The van der Waals surface area contributed by atoms with Gasteiger partial charge in [-0.2, -0.15) is 0 Å². The maximum absolute atomic E-state index is 12.0. The SMILES string of the molecule is CCCC(O)(CCC)CC(=O)N1CC[C@@H](O)C1. The van der Waals surface area contributed by atoms with Crippen LogP contribution in [0.5, 0.6) is 0 Å². The second-order valence-corrected chi connectivity index (χ2v) is 5.18. The molecule has 0 spiro atoms. The van der Waals surface area contributed by atoms with Gasteiger partial charge in [-0.05, 0) is 19.3 Å². The topological polar surface area (TPSA) is 60.8 Å². The minimum atomic E-state index is -0.853. The molecule has 1 amide bonds. The fraction of sp³-hybridized carbons (Fsp3) is 0.923. The van der Waals surface area contributed by atoms with Crippen LogP contribution < -0.4 is 0 Å². The average molecular weight is 243 g/mol. The quantitative estimate of drug-likeness (QED) is 0.739. The lowest BCUT2D eigenvalue weighted by Gasteiger charge is -2.29. The number of β-amino-alcohol motifs (C(OH)–C–C–N with tert-alkyl or cyclic N) is 1. The molecule has 0 radical (unpaired) electrons. The van der Waals surface area contributed by atoms with Gasteiger partial charge in [0.25, 0.3) is 0 Å². The van der Waals surface area contributed by atoms with E-state index in [0.29, 0.717) is 32.4 Å². The maximum Gasteiger partial charge on any atom is 0.225 e. The van der Waals surface area contributed by atoms with E-state index in [1.165, 1.54) is 0 Å². The Morgan fingerprint density at radius 3 is 2.35 bits per heavy atom. The number of rotatable bonds is 6. The highest BCUT2D eigenvalue weighted by Crippen LogP contribution is 2.25. The summed E-state index contributed by atoms with van der Waals surface area (Å²) in [6.45, 7) is 5.08. The van der Waals surface area contributed by atoms with Crippen molar-refractivity contribution in [3.63, 3.8) is 0 Å². The lowest BCUT2D eigenvalue weighted by Crippen LogP contribution is -2.38. The average Bonchev–Trinajstić information content (AvgIpc) is 2.65. The summed E-state index contributed by atoms with van der Waals surface area (Å²) >= 11 is 0. The van der Waals surface area contributed by atoms with E-state index in [9.17, 15) is 15.0 Å². The van der Waals surface area contributed by atoms with Gasteiger partial charge in [0.15, 0.2) is 0 Å². The molecule has 1 heterocycles. The van der Waals surface area contributed by atoms with Crippen molar-refractivity contribution in [3.05, 3.63) is 0 Å². The first-order valence-electron chi connectivity index (χ1n) is 6.69. The normalized spacial score (nSPS) is 20.9. The fourth-order valence-corrected chi connectivity index (χ4v) is 2.59. The Morgan fingerprint density at radius 2 is 1.94 bits per heavy atom. The van der Waals surface area contributed by atoms with Crippen LogP contribution in [0, 0.1) is 0 Å². The highest BCUT2D eigenvalue weighted by molar-refractivity contribution is 5.77. The monoisotopic (exact) mass is 243 g/mol. The van der Waals surface area contributed by atoms with E-state index < -0.39 is 5.60 Å². The van der Waals surface area contributed by atoms with E-state index >= 15 is 0 Å². The summed E-state index contributed by atoms with van der Waals surface area (Å²) in [6.07, 6.45) is 3.57. The first kappa shape index (κ1) is 14.5. The van der Waals surface area contributed by atoms with Crippen LogP contribution >= 0.6 is 0 Å². The van der Waals surface area contributed by atoms with E-state index in [-0.39, 0.29) is 18.4 Å². The second kappa shape index (κ2) is 6.36. The number of carbonyl (C=O) groups is 1. The number of amides is 1. The number of aliphatic hydroxyl groups is 2. The fourth-order valence-electron chi connectivity index (χ4n) is 2.59. The second-order valence-electron chi connectivity index (χ2n) is 5.18. The van der Waals surface area contributed by atoms with Gasteiger partial charge in [0, 0.05) is 13.1 Å². The highest BCUT2D eigenvalue weighted by Gasteiger charge is 2.32. The van der Waals surface area contributed by atoms with E-state index in [1.54, 1.807) is 4.90 Å². The molecule has 100 valence electrons. The van der Waals surface area contributed by atoms with Gasteiger partial charge < -0.3 is 15.1 Å². The minimum absolute atomic E-state index is 0.0223. The van der Waals surface area contributed by atoms with Crippen LogP contribution in [0.15, 0.2) is 0 Å². The minimum Gasteiger partial charge on any atom is -0.391 e. The Kier molecular flexibility index (Phi) is 5.40. The number of hydrogen-bond acceptors (Lipinski definition) is 3. The van der Waals surface area contributed by atoms with Crippen molar-refractivity contribution in [2.24, 2.45) is 0 Å². The Hall–Kier alpha value is -0.610. The van der Waals surface area contributed by atoms with Crippen molar-refractivity contribution in [1.82, 2.24) is 4.90 Å². The first-order valence-corrected chi connectivity index (χ1v) is 6.69. The highest BCUT2D eigenvalue weighted by atomic mass is 16.3. The predicted octanol–water partition coefficient (Wildman–Crippen LogP) is 1.30. The van der Waals surface area contributed by atoms with E-state index in [2.05, 4.69) is 0 Å². The number of hydrogen-bond donors (Lipinski definition) is 2. The molecular formula is C13H25NO3. The third-order valence-electron chi connectivity index (χ3n) is 3.43. The predicted molar refractivity (Wildman–Crippen MR) is 66.6 cm³/mol. The third-order valence-corrected chi connectivity index (χ3v) is 3.43. The molecule has 0 unspecified atom stereocenters. The zero-order chi connectivity index (χ0) is 12.9. The molecule has 4 nitrogen and oxygen atoms in total. The molecule has 1 saturated heterocycles. The van der Waals surface area contributed by atoms with Crippen molar-refractivity contribution in [2.45, 2.75) is 64.1 Å². The van der Waals surface area contributed by atoms with Crippen molar-refractivity contribution in [1.29, 1.82) is 0 Å². The standard InChI is InChI=1S/C13H25NO3/c1-3-6-13(17,7-4-2)9-12(16)14-8-5-11(15)10-14/h11,15,17H,3-10H2,1-2H3/t11-/m1/s1. The molecule has 0 saturated carbocycles. The molecule has 0 aromatic rings. The van der Waals surface area contributed by atoms with Crippen LogP contribution in [0.1, 0.15) is 52.4 Å².